The number of rotatable bonds is 5. The first-order valence-corrected chi connectivity index (χ1v) is 9.73. The molecule has 0 radical (unpaired) electrons. The maximum atomic E-state index is 13.4. The third kappa shape index (κ3) is 4.37. The minimum atomic E-state index is -0.297. The minimum Gasteiger partial charge on any atom is -0.458 e. The topological polar surface area (TPSA) is 94.2 Å². The summed E-state index contributed by atoms with van der Waals surface area (Å²) >= 11 is 0. The van der Waals surface area contributed by atoms with E-state index >= 15 is 0 Å². The predicted molar refractivity (Wildman–Crippen MR) is 110 cm³/mol. The maximum Gasteiger partial charge on any atom is 0.316 e. The van der Waals surface area contributed by atoms with Crippen LogP contribution in [-0.4, -0.2) is 45.0 Å². The van der Waals surface area contributed by atoms with E-state index in [2.05, 4.69) is 15.0 Å². The second kappa shape index (κ2) is 8.44. The molecule has 7 nitrogen and oxygen atoms in total. The number of carbonyl (C=O) groups excluding carboxylic acids is 1. The summed E-state index contributed by atoms with van der Waals surface area (Å²) in [6.45, 7) is 2.88. The monoisotopic (exact) mass is 407 g/mol. The number of nitrogen functional groups attached to an aromatic ring is 1. The van der Waals surface area contributed by atoms with Gasteiger partial charge in [-0.1, -0.05) is 0 Å². The highest BCUT2D eigenvalue weighted by Crippen LogP contribution is 2.25. The Hall–Kier alpha value is -3.55. The molecule has 8 heteroatoms. The number of aryl methyl sites for hydroxylation is 1. The lowest BCUT2D eigenvalue weighted by Gasteiger charge is -2.17. The van der Waals surface area contributed by atoms with Crippen molar-refractivity contribution in [2.45, 2.75) is 25.9 Å². The van der Waals surface area contributed by atoms with E-state index in [9.17, 15) is 9.18 Å². The molecule has 1 saturated heterocycles. The molecule has 2 N–H and O–H groups in total. The van der Waals surface area contributed by atoms with E-state index in [0.29, 0.717) is 42.6 Å². The van der Waals surface area contributed by atoms with Crippen molar-refractivity contribution in [2.24, 2.45) is 0 Å². The largest absolute Gasteiger partial charge is 0.458 e. The molecule has 1 fully saturated rings. The number of likely N-dealkylation sites (tertiary alicyclic amines) is 1. The van der Waals surface area contributed by atoms with E-state index in [4.69, 9.17) is 10.5 Å². The zero-order chi connectivity index (χ0) is 21.1. The molecule has 0 saturated carbocycles. The summed E-state index contributed by atoms with van der Waals surface area (Å²) in [5, 5.41) is 0. The molecule has 0 spiro atoms. The summed E-state index contributed by atoms with van der Waals surface area (Å²) in [5.41, 5.74) is 9.28. The minimum absolute atomic E-state index is 0.0674. The molecule has 30 heavy (non-hydrogen) atoms. The molecule has 1 aliphatic rings. The van der Waals surface area contributed by atoms with Crippen molar-refractivity contribution in [3.8, 4) is 17.3 Å². The average Bonchev–Trinajstić information content (AvgIpc) is 3.19. The third-order valence-electron chi connectivity index (χ3n) is 5.10. The van der Waals surface area contributed by atoms with Crippen molar-refractivity contribution >= 4 is 11.6 Å². The summed E-state index contributed by atoms with van der Waals surface area (Å²) in [6.07, 6.45) is 3.89. The Kier molecular flexibility index (Phi) is 5.56. The van der Waals surface area contributed by atoms with Crippen LogP contribution in [-0.2, 0) is 11.2 Å². The van der Waals surface area contributed by atoms with Crippen LogP contribution in [0, 0.1) is 12.7 Å². The standard InChI is InChI=1S/C22H22FN5O2/c1-14-11-15(23)3-4-17(14)19-6-5-18(24)20(27-19)12-21(29)28-10-7-16(13-28)30-22-25-8-2-9-26-22/h2-6,8-9,11,16H,7,10,12-13,24H2,1H3. The maximum absolute atomic E-state index is 13.4. The van der Waals surface area contributed by atoms with Crippen LogP contribution in [0.4, 0.5) is 10.1 Å². The normalized spacial score (nSPS) is 15.9. The lowest BCUT2D eigenvalue weighted by atomic mass is 10.0. The van der Waals surface area contributed by atoms with Gasteiger partial charge in [0.2, 0.25) is 5.91 Å². The van der Waals surface area contributed by atoms with Crippen molar-refractivity contribution < 1.29 is 13.9 Å². The number of nitrogens with zero attached hydrogens (tertiary/aromatic N) is 4. The van der Waals surface area contributed by atoms with Crippen molar-refractivity contribution in [3.05, 3.63) is 65.9 Å². The molecule has 3 heterocycles. The second-order valence-electron chi connectivity index (χ2n) is 7.27. The van der Waals surface area contributed by atoms with E-state index in [1.807, 2.05) is 6.92 Å². The first-order valence-electron chi connectivity index (χ1n) is 9.73. The van der Waals surface area contributed by atoms with Crippen LogP contribution in [0.3, 0.4) is 0 Å². The van der Waals surface area contributed by atoms with Gasteiger partial charge in [-0.05, 0) is 48.9 Å². The molecule has 2 aromatic heterocycles. The van der Waals surface area contributed by atoms with E-state index in [0.717, 1.165) is 11.1 Å². The molecule has 1 aliphatic heterocycles. The van der Waals surface area contributed by atoms with Gasteiger partial charge >= 0.3 is 6.01 Å². The number of hydrogen-bond donors (Lipinski definition) is 1. The van der Waals surface area contributed by atoms with Crippen LogP contribution in [0.25, 0.3) is 11.3 Å². The lowest BCUT2D eigenvalue weighted by molar-refractivity contribution is -0.129. The summed E-state index contributed by atoms with van der Waals surface area (Å²) in [7, 11) is 0. The van der Waals surface area contributed by atoms with Crippen molar-refractivity contribution in [1.29, 1.82) is 0 Å². The van der Waals surface area contributed by atoms with Gasteiger partial charge in [0.05, 0.1) is 30.0 Å². The molecule has 0 bridgehead atoms. The average molecular weight is 407 g/mol. The fraction of sp³-hybridized carbons (Fsp3) is 0.273. The highest BCUT2D eigenvalue weighted by molar-refractivity contribution is 5.80. The van der Waals surface area contributed by atoms with Crippen LogP contribution >= 0.6 is 0 Å². The Morgan fingerprint density at radius 2 is 2.07 bits per heavy atom. The Morgan fingerprint density at radius 3 is 2.83 bits per heavy atom. The van der Waals surface area contributed by atoms with Crippen molar-refractivity contribution in [2.75, 3.05) is 18.8 Å². The van der Waals surface area contributed by atoms with Gasteiger partial charge in [0, 0.05) is 30.9 Å². The Bertz CT molecular complexity index is 1060. The number of halogens is 1. The fourth-order valence-electron chi connectivity index (χ4n) is 3.52. The molecule has 3 aromatic rings. The number of benzene rings is 1. The first kappa shape index (κ1) is 19.8. The Labute approximate surface area is 173 Å². The number of pyridine rings is 1. The van der Waals surface area contributed by atoms with E-state index in [-0.39, 0.29) is 24.2 Å². The molecule has 0 aliphatic carbocycles. The molecule has 154 valence electrons. The number of aromatic nitrogens is 3. The fourth-order valence-corrected chi connectivity index (χ4v) is 3.52. The molecule has 1 amide bonds. The number of amides is 1. The smallest absolute Gasteiger partial charge is 0.316 e. The zero-order valence-electron chi connectivity index (χ0n) is 16.6. The summed E-state index contributed by atoms with van der Waals surface area (Å²) < 4.78 is 19.2. The van der Waals surface area contributed by atoms with Gasteiger partial charge in [-0.3, -0.25) is 9.78 Å². The summed E-state index contributed by atoms with van der Waals surface area (Å²) in [5.74, 6) is -0.365. The van der Waals surface area contributed by atoms with Crippen LogP contribution in [0.15, 0.2) is 48.8 Å². The molecule has 1 unspecified atom stereocenters. The quantitative estimate of drug-likeness (QED) is 0.699. The SMILES string of the molecule is Cc1cc(F)ccc1-c1ccc(N)c(CC(=O)N2CCC(Oc3ncccn3)C2)n1. The van der Waals surface area contributed by atoms with Crippen LogP contribution in [0.2, 0.25) is 0 Å². The number of ether oxygens (including phenoxy) is 1. The molecule has 4 rings (SSSR count). The molecular weight excluding hydrogens is 385 g/mol. The highest BCUT2D eigenvalue weighted by atomic mass is 19.1. The van der Waals surface area contributed by atoms with E-state index < -0.39 is 0 Å². The first-order chi connectivity index (χ1) is 14.5. The zero-order valence-corrected chi connectivity index (χ0v) is 16.6. The van der Waals surface area contributed by atoms with Gasteiger partial charge < -0.3 is 15.4 Å². The predicted octanol–water partition coefficient (Wildman–Crippen LogP) is 2.79. The van der Waals surface area contributed by atoms with Gasteiger partial charge in [-0.2, -0.15) is 0 Å². The van der Waals surface area contributed by atoms with Gasteiger partial charge in [0.15, 0.2) is 0 Å². The van der Waals surface area contributed by atoms with Gasteiger partial charge in [0.25, 0.3) is 0 Å². The lowest BCUT2D eigenvalue weighted by Crippen LogP contribution is -2.32. The van der Waals surface area contributed by atoms with Crippen LogP contribution < -0.4 is 10.5 Å². The number of hydrogen-bond acceptors (Lipinski definition) is 6. The van der Waals surface area contributed by atoms with Gasteiger partial charge in [0.1, 0.15) is 11.9 Å². The molecule has 1 atom stereocenters. The van der Waals surface area contributed by atoms with Crippen LogP contribution in [0.5, 0.6) is 6.01 Å². The van der Waals surface area contributed by atoms with Crippen LogP contribution in [0.1, 0.15) is 17.7 Å². The number of nitrogens with two attached hydrogens (primary N) is 1. The highest BCUT2D eigenvalue weighted by Gasteiger charge is 2.28. The van der Waals surface area contributed by atoms with Crippen molar-refractivity contribution in [3.63, 3.8) is 0 Å². The van der Waals surface area contributed by atoms with Crippen molar-refractivity contribution in [1.82, 2.24) is 19.9 Å². The van der Waals surface area contributed by atoms with E-state index in [1.54, 1.807) is 41.6 Å². The van der Waals surface area contributed by atoms with E-state index in [1.165, 1.54) is 12.1 Å². The third-order valence-corrected chi connectivity index (χ3v) is 5.10. The molecular formula is C22H22FN5O2. The summed E-state index contributed by atoms with van der Waals surface area (Å²) in [4.78, 5) is 27.3. The molecule has 1 aromatic carbocycles. The van der Waals surface area contributed by atoms with Gasteiger partial charge in [-0.25, -0.2) is 14.4 Å². The Balaban J connectivity index is 1.44. The number of anilines is 1. The summed E-state index contributed by atoms with van der Waals surface area (Å²) in [6, 6.07) is 10.1. The Morgan fingerprint density at radius 1 is 1.27 bits per heavy atom. The van der Waals surface area contributed by atoms with Gasteiger partial charge in [-0.15, -0.1) is 0 Å². The number of carbonyl (C=O) groups is 1. The second-order valence-corrected chi connectivity index (χ2v) is 7.27.